The number of phenols is 3. The maximum atomic E-state index is 11.9. The molecule has 2 saturated heterocycles. The van der Waals surface area contributed by atoms with Gasteiger partial charge >= 0.3 is 0 Å². The molecule has 4 aromatic carbocycles. The predicted molar refractivity (Wildman–Crippen MR) is 281 cm³/mol. The van der Waals surface area contributed by atoms with Gasteiger partial charge in [-0.1, -0.05) is 0 Å². The van der Waals surface area contributed by atoms with E-state index in [0.29, 0.717) is 98.5 Å². The Morgan fingerprint density at radius 2 is 0.867 bits per heavy atom. The number of alkyl halides is 1. The lowest BCUT2D eigenvalue weighted by atomic mass is 10.1. The van der Waals surface area contributed by atoms with Crippen LogP contribution < -0.4 is 23.7 Å². The highest BCUT2D eigenvalue weighted by atomic mass is 35.5. The van der Waals surface area contributed by atoms with Gasteiger partial charge < -0.3 is 58.0 Å². The summed E-state index contributed by atoms with van der Waals surface area (Å²) in [7, 11) is 3.17. The molecule has 17 heteroatoms. The summed E-state index contributed by atoms with van der Waals surface area (Å²) in [5.74, 6) is 4.07. The number of ether oxygens (including phenoxy) is 9. The Balaban J connectivity index is 0.000000158. The van der Waals surface area contributed by atoms with Crippen molar-refractivity contribution in [2.45, 2.75) is 129 Å². The van der Waals surface area contributed by atoms with Crippen LogP contribution in [0.4, 0.5) is 0 Å². The van der Waals surface area contributed by atoms with Crippen molar-refractivity contribution >= 4 is 34.7 Å². The van der Waals surface area contributed by atoms with Crippen LogP contribution >= 0.6 is 11.6 Å². The Hall–Kier alpha value is -5.91. The largest absolute Gasteiger partial charge is 0.504 e. The van der Waals surface area contributed by atoms with E-state index in [9.17, 15) is 24.3 Å². The first-order valence-electron chi connectivity index (χ1n) is 26.2. The molecule has 408 valence electrons. The van der Waals surface area contributed by atoms with Gasteiger partial charge in [-0.2, -0.15) is 0 Å². The second kappa shape index (κ2) is 30.0. The van der Waals surface area contributed by atoms with Gasteiger partial charge in [0.15, 0.2) is 81.7 Å². The summed E-state index contributed by atoms with van der Waals surface area (Å²) in [5.41, 5.74) is 6.69. The van der Waals surface area contributed by atoms with Crippen LogP contribution in [0.15, 0.2) is 48.5 Å². The van der Waals surface area contributed by atoms with Gasteiger partial charge in [-0.25, -0.2) is 0 Å². The van der Waals surface area contributed by atoms with Crippen molar-refractivity contribution in [2.75, 3.05) is 66.3 Å². The number of phenolic OH excluding ortho intramolecular Hbond substituents is 3. The van der Waals surface area contributed by atoms with Gasteiger partial charge in [-0.3, -0.25) is 19.2 Å². The minimum absolute atomic E-state index is 0.0419. The van der Waals surface area contributed by atoms with E-state index in [1.54, 1.807) is 26.4 Å². The fourth-order valence-electron chi connectivity index (χ4n) is 9.21. The minimum atomic E-state index is -0.219. The van der Waals surface area contributed by atoms with E-state index in [1.807, 2.05) is 32.0 Å². The van der Waals surface area contributed by atoms with Gasteiger partial charge in [-0.15, -0.1) is 11.6 Å². The Labute approximate surface area is 444 Å². The summed E-state index contributed by atoms with van der Waals surface area (Å²) in [6.07, 6.45) is 13.6. The van der Waals surface area contributed by atoms with Crippen LogP contribution in [-0.4, -0.2) is 117 Å². The van der Waals surface area contributed by atoms with Crippen molar-refractivity contribution < 1.29 is 77.1 Å². The van der Waals surface area contributed by atoms with Gasteiger partial charge in [0, 0.05) is 73.5 Å². The van der Waals surface area contributed by atoms with E-state index < -0.39 is 0 Å². The molecule has 6 aliphatic rings. The molecule has 0 bridgehead atoms. The Morgan fingerprint density at radius 1 is 0.467 bits per heavy atom. The van der Waals surface area contributed by atoms with Gasteiger partial charge in [0.25, 0.3) is 0 Å². The SMILES string of the molecule is CCOc1cc2c(cc1O)C(=O)CC2.CCOc1cc2c(cc1OCCCOC1CCCCO1)C(=O)CC2.COc1cc2c(cc1OC)C(=O)CC2.ClCCCOC1CCCCO1.O=C1CCc2cc(O)c(O)cc21. The van der Waals surface area contributed by atoms with Crippen LogP contribution in [0.25, 0.3) is 0 Å². The number of hydrogen-bond acceptors (Lipinski definition) is 16. The fourth-order valence-corrected chi connectivity index (χ4v) is 9.32. The topological polar surface area (TPSA) is 212 Å². The number of aromatic hydroxyl groups is 3. The molecule has 0 aromatic heterocycles. The molecule has 2 atom stereocenters. The number of carbonyl (C=O) groups excluding carboxylic acids is 4. The highest BCUT2D eigenvalue weighted by Gasteiger charge is 2.26. The highest BCUT2D eigenvalue weighted by Crippen LogP contribution is 2.38. The van der Waals surface area contributed by atoms with Crippen LogP contribution in [0, 0.1) is 0 Å². The third-order valence-corrected chi connectivity index (χ3v) is 13.4. The first-order valence-corrected chi connectivity index (χ1v) is 26.8. The Kier molecular flexibility index (Phi) is 23.3. The molecule has 2 heterocycles. The molecule has 4 aliphatic carbocycles. The van der Waals surface area contributed by atoms with E-state index in [-0.39, 0.29) is 53.0 Å². The van der Waals surface area contributed by atoms with Crippen molar-refractivity contribution in [1.29, 1.82) is 0 Å². The molecule has 0 radical (unpaired) electrons. The highest BCUT2D eigenvalue weighted by molar-refractivity contribution is 6.17. The third kappa shape index (κ3) is 16.8. The molecule has 2 fully saturated rings. The Morgan fingerprint density at radius 3 is 1.35 bits per heavy atom. The summed E-state index contributed by atoms with van der Waals surface area (Å²) in [4.78, 5) is 45.8. The van der Waals surface area contributed by atoms with Crippen molar-refractivity contribution in [2.24, 2.45) is 0 Å². The summed E-state index contributed by atoms with van der Waals surface area (Å²) in [6.45, 7) is 8.41. The average Bonchev–Trinajstić information content (AvgIpc) is 4.19. The van der Waals surface area contributed by atoms with Crippen LogP contribution in [0.3, 0.4) is 0 Å². The first-order chi connectivity index (χ1) is 36.4. The molecule has 75 heavy (non-hydrogen) atoms. The smallest absolute Gasteiger partial charge is 0.163 e. The summed E-state index contributed by atoms with van der Waals surface area (Å²) >= 11 is 5.50. The average molecular weight is 1060 g/mol. The van der Waals surface area contributed by atoms with E-state index in [1.165, 1.54) is 37.5 Å². The fraction of sp³-hybridized carbons (Fsp3) is 0.517. The van der Waals surface area contributed by atoms with E-state index in [0.717, 1.165) is 110 Å². The number of carbonyl (C=O) groups is 4. The van der Waals surface area contributed by atoms with Gasteiger partial charge in [-0.05, 0) is 155 Å². The van der Waals surface area contributed by atoms with Crippen LogP contribution in [0.2, 0.25) is 0 Å². The molecule has 0 spiro atoms. The molecule has 10 rings (SSSR count). The quantitative estimate of drug-likeness (QED) is 0.0541. The number of aryl methyl sites for hydroxylation is 4. The zero-order valence-electron chi connectivity index (χ0n) is 43.8. The summed E-state index contributed by atoms with van der Waals surface area (Å²) in [5, 5.41) is 27.8. The van der Waals surface area contributed by atoms with Gasteiger partial charge in [0.05, 0.1) is 47.3 Å². The number of rotatable bonds is 16. The predicted octanol–water partition coefficient (Wildman–Crippen LogP) is 10.7. The number of ketones is 4. The molecule has 0 saturated carbocycles. The van der Waals surface area contributed by atoms with Gasteiger partial charge in [0.2, 0.25) is 0 Å². The lowest BCUT2D eigenvalue weighted by Gasteiger charge is -2.22. The van der Waals surface area contributed by atoms with Crippen LogP contribution in [0.1, 0.15) is 155 Å². The normalized spacial score (nSPS) is 17.8. The first kappa shape index (κ1) is 58.4. The molecule has 2 aliphatic heterocycles. The molecular formula is C58H73ClO16. The van der Waals surface area contributed by atoms with Crippen molar-refractivity contribution in [3.63, 3.8) is 0 Å². The number of Topliss-reactive ketones (excluding diaryl/α,β-unsaturated/α-hetero) is 4. The second-order valence-electron chi connectivity index (χ2n) is 18.4. The number of hydrogen-bond donors (Lipinski definition) is 3. The number of benzene rings is 4. The minimum Gasteiger partial charge on any atom is -0.504 e. The molecular weight excluding hydrogens is 988 g/mol. The van der Waals surface area contributed by atoms with E-state index in [4.69, 9.17) is 64.4 Å². The van der Waals surface area contributed by atoms with Crippen LogP contribution in [0.5, 0.6) is 46.0 Å². The van der Waals surface area contributed by atoms with E-state index in [2.05, 4.69) is 0 Å². The standard InChI is InChI=1S/C19H26O5.2C11H12O3.C9H8O3.C8H15ClO2/c1-2-21-17-12-14-7-8-16(20)15(14)13-18(17)22-10-5-11-24-19-6-3-4-9-23-19;1-13-10-5-7-3-4-9(12)8(7)6-11(10)14-2;1-2-14-11-5-7-3-4-9(12)8(7)6-10(11)13;10-7-2-1-5-3-8(11)9(12)4-6(5)7;9-5-3-7-11-8-4-1-2-6-10-8/h12-13,19H,2-11H2,1H3;5-6H,3-4H2,1-2H3;5-6,13H,2-4H2,1H3;3-4,11-12H,1-2H2;8H,1-7H2. The van der Waals surface area contributed by atoms with Crippen molar-refractivity contribution in [1.82, 2.24) is 0 Å². The number of methoxy groups -OCH3 is 2. The maximum Gasteiger partial charge on any atom is 0.163 e. The summed E-state index contributed by atoms with van der Waals surface area (Å²) < 4.78 is 49.1. The lowest BCUT2D eigenvalue weighted by molar-refractivity contribution is -0.163. The lowest BCUT2D eigenvalue weighted by Crippen LogP contribution is -2.23. The van der Waals surface area contributed by atoms with E-state index >= 15 is 0 Å². The van der Waals surface area contributed by atoms with Crippen molar-refractivity contribution in [3.05, 3.63) is 93.0 Å². The maximum absolute atomic E-state index is 11.9. The second-order valence-corrected chi connectivity index (χ2v) is 18.8. The molecule has 16 nitrogen and oxygen atoms in total. The monoisotopic (exact) mass is 1060 g/mol. The third-order valence-electron chi connectivity index (χ3n) is 13.2. The summed E-state index contributed by atoms with van der Waals surface area (Å²) in [6, 6.07) is 13.5. The molecule has 0 amide bonds. The number of fused-ring (bicyclic) bond motifs is 4. The molecule has 3 N–H and O–H groups in total. The molecule has 4 aromatic rings. The zero-order valence-corrected chi connectivity index (χ0v) is 44.5. The number of halogens is 1. The van der Waals surface area contributed by atoms with Crippen molar-refractivity contribution in [3.8, 4) is 46.0 Å². The molecule has 2 unspecified atom stereocenters. The van der Waals surface area contributed by atoms with Gasteiger partial charge in [0.1, 0.15) is 0 Å². The Bertz CT molecular complexity index is 2550. The zero-order chi connectivity index (χ0) is 53.7. The van der Waals surface area contributed by atoms with Crippen LogP contribution in [-0.2, 0) is 44.6 Å².